The fourth-order valence-electron chi connectivity index (χ4n) is 1.52. The summed E-state index contributed by atoms with van der Waals surface area (Å²) in [6, 6.07) is 0. The van der Waals surface area contributed by atoms with Crippen LogP contribution < -0.4 is 5.56 Å². The van der Waals surface area contributed by atoms with Crippen molar-refractivity contribution in [3.05, 3.63) is 16.7 Å². The quantitative estimate of drug-likeness (QED) is 0.629. The van der Waals surface area contributed by atoms with Gasteiger partial charge in [-0.3, -0.25) is 4.79 Å². The van der Waals surface area contributed by atoms with E-state index in [1.807, 2.05) is 10.8 Å². The molecule has 2 aromatic heterocycles. The molecule has 0 radical (unpaired) electrons. The van der Waals surface area contributed by atoms with Gasteiger partial charge in [-0.25, -0.2) is 4.98 Å². The predicted octanol–water partition coefficient (Wildman–Crippen LogP) is 1.25. The van der Waals surface area contributed by atoms with Gasteiger partial charge in [-0.2, -0.15) is 4.98 Å². The number of hydrogen-bond acceptors (Lipinski definition) is 4. The number of aromatic nitrogens is 4. The van der Waals surface area contributed by atoms with Gasteiger partial charge in [0, 0.05) is 6.54 Å². The molecule has 0 amide bonds. The number of aromatic amines is 1. The molecule has 0 bridgehead atoms. The van der Waals surface area contributed by atoms with E-state index in [-0.39, 0.29) is 5.56 Å². The Morgan fingerprint density at radius 1 is 1.60 bits per heavy atom. The van der Waals surface area contributed by atoms with Crippen molar-refractivity contribution in [1.29, 1.82) is 0 Å². The normalized spacial score (nSPS) is 11.1. The Bertz CT molecular complexity index is 530. The lowest BCUT2D eigenvalue weighted by Gasteiger charge is -2.09. The van der Waals surface area contributed by atoms with Crippen LogP contribution >= 0.6 is 11.8 Å². The molecule has 0 aliphatic carbocycles. The third-order valence-corrected chi connectivity index (χ3v) is 2.82. The summed E-state index contributed by atoms with van der Waals surface area (Å²) in [6.07, 6.45) is 4.43. The molecule has 6 heteroatoms. The monoisotopic (exact) mass is 224 g/mol. The molecular weight excluding hydrogens is 212 g/mol. The van der Waals surface area contributed by atoms with Crippen molar-refractivity contribution in [2.24, 2.45) is 0 Å². The van der Waals surface area contributed by atoms with Crippen LogP contribution in [0.25, 0.3) is 11.2 Å². The Hall–Kier alpha value is -1.30. The average molecular weight is 224 g/mol. The fourth-order valence-corrected chi connectivity index (χ4v) is 2.10. The van der Waals surface area contributed by atoms with Gasteiger partial charge in [0.1, 0.15) is 0 Å². The van der Waals surface area contributed by atoms with E-state index in [0.717, 1.165) is 18.1 Å². The van der Waals surface area contributed by atoms with Crippen molar-refractivity contribution in [2.75, 3.05) is 6.26 Å². The van der Waals surface area contributed by atoms with Crippen LogP contribution in [0.1, 0.15) is 13.3 Å². The summed E-state index contributed by atoms with van der Waals surface area (Å²) in [5.74, 6) is 0. The lowest BCUT2D eigenvalue weighted by Crippen LogP contribution is -2.16. The molecule has 0 aliphatic heterocycles. The summed E-state index contributed by atoms with van der Waals surface area (Å²) >= 11 is 1.47. The highest BCUT2D eigenvalue weighted by molar-refractivity contribution is 7.98. The fraction of sp³-hybridized carbons (Fsp3) is 0.444. The van der Waals surface area contributed by atoms with Crippen LogP contribution in [0.2, 0.25) is 0 Å². The molecule has 5 nitrogen and oxygen atoms in total. The van der Waals surface area contributed by atoms with E-state index in [1.165, 1.54) is 18.1 Å². The second-order valence-electron chi connectivity index (χ2n) is 3.16. The number of aryl methyl sites for hydroxylation is 1. The molecule has 2 rings (SSSR count). The van der Waals surface area contributed by atoms with E-state index < -0.39 is 0 Å². The van der Waals surface area contributed by atoms with Crippen molar-refractivity contribution in [1.82, 2.24) is 19.5 Å². The minimum Gasteiger partial charge on any atom is -0.339 e. The maximum Gasteiger partial charge on any atom is 0.299 e. The third kappa shape index (κ3) is 1.65. The first kappa shape index (κ1) is 10.2. The Balaban J connectivity index is 2.76. The molecule has 0 fully saturated rings. The van der Waals surface area contributed by atoms with Gasteiger partial charge in [0.25, 0.3) is 5.56 Å². The molecule has 0 saturated carbocycles. The van der Waals surface area contributed by atoms with Crippen LogP contribution in [-0.4, -0.2) is 25.8 Å². The molecule has 0 aromatic carbocycles. The zero-order chi connectivity index (χ0) is 10.8. The smallest absolute Gasteiger partial charge is 0.299 e. The van der Waals surface area contributed by atoms with Crippen LogP contribution in [0.4, 0.5) is 0 Å². The number of imidazole rings is 1. The van der Waals surface area contributed by atoms with Gasteiger partial charge in [0.15, 0.2) is 16.3 Å². The van der Waals surface area contributed by atoms with Crippen molar-refractivity contribution in [3.8, 4) is 0 Å². The van der Waals surface area contributed by atoms with Crippen molar-refractivity contribution >= 4 is 22.9 Å². The topological polar surface area (TPSA) is 63.6 Å². The number of thioether (sulfide) groups is 1. The molecule has 0 unspecified atom stereocenters. The minimum absolute atomic E-state index is 0.237. The van der Waals surface area contributed by atoms with Crippen LogP contribution in [0, 0.1) is 0 Å². The van der Waals surface area contributed by atoms with E-state index in [2.05, 4.69) is 21.9 Å². The number of fused-ring (bicyclic) bond motifs is 1. The van der Waals surface area contributed by atoms with Gasteiger partial charge in [-0.15, -0.1) is 0 Å². The highest BCUT2D eigenvalue weighted by atomic mass is 32.2. The number of nitrogens with one attached hydrogen (secondary N) is 1. The first-order valence-electron chi connectivity index (χ1n) is 4.75. The predicted molar refractivity (Wildman–Crippen MR) is 60.2 cm³/mol. The summed E-state index contributed by atoms with van der Waals surface area (Å²) in [6.45, 7) is 2.91. The lowest BCUT2D eigenvalue weighted by molar-refractivity contribution is 0.613. The second-order valence-corrected chi connectivity index (χ2v) is 3.93. The Kier molecular flexibility index (Phi) is 2.77. The molecule has 2 aromatic rings. The molecule has 0 aliphatic rings. The summed E-state index contributed by atoms with van der Waals surface area (Å²) in [5.41, 5.74) is 0.946. The first-order chi connectivity index (χ1) is 7.27. The molecule has 0 spiro atoms. The summed E-state index contributed by atoms with van der Waals surface area (Å²) in [7, 11) is 0. The zero-order valence-corrected chi connectivity index (χ0v) is 9.47. The van der Waals surface area contributed by atoms with Crippen molar-refractivity contribution < 1.29 is 0 Å². The van der Waals surface area contributed by atoms with Gasteiger partial charge in [0.05, 0.1) is 6.33 Å². The lowest BCUT2D eigenvalue weighted by atomic mass is 10.4. The van der Waals surface area contributed by atoms with E-state index in [1.54, 1.807) is 0 Å². The highest BCUT2D eigenvalue weighted by Crippen LogP contribution is 2.15. The van der Waals surface area contributed by atoms with E-state index in [9.17, 15) is 4.79 Å². The molecule has 2 heterocycles. The standard InChI is InChI=1S/C9H12N4OS/c1-3-4-13-7-6(10-5-11-7)8(14)12-9(13)15-2/h5H,3-4H2,1-2H3,(H,10,11). The minimum atomic E-state index is -0.237. The third-order valence-electron chi connectivity index (χ3n) is 2.15. The Morgan fingerprint density at radius 2 is 2.40 bits per heavy atom. The number of nitrogens with zero attached hydrogens (tertiary/aromatic N) is 3. The Morgan fingerprint density at radius 3 is 3.07 bits per heavy atom. The van der Waals surface area contributed by atoms with Gasteiger partial charge in [-0.05, 0) is 12.7 Å². The van der Waals surface area contributed by atoms with Gasteiger partial charge in [-0.1, -0.05) is 18.7 Å². The zero-order valence-electron chi connectivity index (χ0n) is 8.65. The van der Waals surface area contributed by atoms with Crippen molar-refractivity contribution in [3.63, 3.8) is 0 Å². The summed E-state index contributed by atoms with van der Waals surface area (Å²) in [5, 5.41) is 0.724. The number of H-pyrrole nitrogens is 1. The van der Waals surface area contributed by atoms with Gasteiger partial charge >= 0.3 is 0 Å². The maximum atomic E-state index is 11.6. The van der Waals surface area contributed by atoms with Crippen molar-refractivity contribution in [2.45, 2.75) is 25.0 Å². The molecule has 0 atom stereocenters. The first-order valence-corrected chi connectivity index (χ1v) is 5.98. The number of hydrogen-bond donors (Lipinski definition) is 1. The van der Waals surface area contributed by atoms with Gasteiger partial charge in [0.2, 0.25) is 0 Å². The summed E-state index contributed by atoms with van der Waals surface area (Å²) in [4.78, 5) is 22.6. The molecular formula is C9H12N4OS. The SMILES string of the molecule is CCCn1c(SC)nc(=O)c2[nH]cnc21. The molecule has 80 valence electrons. The van der Waals surface area contributed by atoms with Gasteiger partial charge < -0.3 is 9.55 Å². The summed E-state index contributed by atoms with van der Waals surface area (Å²) < 4.78 is 1.97. The number of rotatable bonds is 3. The largest absolute Gasteiger partial charge is 0.339 e. The Labute approximate surface area is 90.9 Å². The highest BCUT2D eigenvalue weighted by Gasteiger charge is 2.10. The van der Waals surface area contributed by atoms with Crippen LogP contribution in [0.5, 0.6) is 0 Å². The van der Waals surface area contributed by atoms with E-state index in [0.29, 0.717) is 11.2 Å². The van der Waals surface area contributed by atoms with Crippen LogP contribution in [0.3, 0.4) is 0 Å². The molecule has 0 saturated heterocycles. The molecule has 15 heavy (non-hydrogen) atoms. The van der Waals surface area contributed by atoms with Crippen LogP contribution in [-0.2, 0) is 6.54 Å². The average Bonchev–Trinajstić information content (AvgIpc) is 2.71. The van der Waals surface area contributed by atoms with Crippen LogP contribution in [0.15, 0.2) is 16.3 Å². The second kappa shape index (κ2) is 4.06. The van der Waals surface area contributed by atoms with E-state index >= 15 is 0 Å². The molecule has 1 N–H and O–H groups in total. The maximum absolute atomic E-state index is 11.6. The van der Waals surface area contributed by atoms with E-state index in [4.69, 9.17) is 0 Å².